The fraction of sp³-hybridized carbons (Fsp3) is 0.238. The Morgan fingerprint density at radius 1 is 1.24 bits per heavy atom. The fourth-order valence-electron chi connectivity index (χ4n) is 3.05. The van der Waals surface area contributed by atoms with Gasteiger partial charge in [-0.1, -0.05) is 17.3 Å². The van der Waals surface area contributed by atoms with Crippen molar-refractivity contribution in [1.29, 1.82) is 0 Å². The molecule has 8 heteroatoms. The molecular formula is C21H21FN4O3. The van der Waals surface area contributed by atoms with E-state index in [-0.39, 0.29) is 12.4 Å². The van der Waals surface area contributed by atoms with E-state index in [0.717, 1.165) is 5.56 Å². The Labute approximate surface area is 166 Å². The van der Waals surface area contributed by atoms with Gasteiger partial charge in [0.2, 0.25) is 0 Å². The molecule has 1 aromatic heterocycles. The maximum Gasteiger partial charge on any atom is 0.170 e. The average molecular weight is 396 g/mol. The summed E-state index contributed by atoms with van der Waals surface area (Å²) in [5.74, 6) is 0.309. The Kier molecular flexibility index (Phi) is 5.55. The third-order valence-electron chi connectivity index (χ3n) is 4.59. The molecule has 1 atom stereocenters. The van der Waals surface area contributed by atoms with Gasteiger partial charge in [-0.25, -0.2) is 4.39 Å². The van der Waals surface area contributed by atoms with Gasteiger partial charge in [0.15, 0.2) is 5.58 Å². The number of aliphatic hydroxyl groups excluding tert-OH is 1. The maximum atomic E-state index is 13.3. The molecule has 0 spiro atoms. The van der Waals surface area contributed by atoms with Crippen LogP contribution in [0.3, 0.4) is 0 Å². The van der Waals surface area contributed by atoms with Crippen LogP contribution in [0.1, 0.15) is 11.3 Å². The van der Waals surface area contributed by atoms with Crippen LogP contribution in [0.2, 0.25) is 0 Å². The summed E-state index contributed by atoms with van der Waals surface area (Å²) in [6, 6.07) is 11.7. The number of aromatic nitrogens is 1. The van der Waals surface area contributed by atoms with Gasteiger partial charge in [0.1, 0.15) is 36.6 Å². The van der Waals surface area contributed by atoms with Crippen LogP contribution in [0.4, 0.5) is 4.39 Å². The first-order valence-corrected chi connectivity index (χ1v) is 9.24. The normalized spacial score (nSPS) is 14.9. The summed E-state index contributed by atoms with van der Waals surface area (Å²) in [6.45, 7) is 1.39. The van der Waals surface area contributed by atoms with Crippen LogP contribution in [0, 0.1) is 5.82 Å². The molecule has 0 aliphatic carbocycles. The topological polar surface area (TPSA) is 97.1 Å². The predicted octanol–water partition coefficient (Wildman–Crippen LogP) is 2.44. The van der Waals surface area contributed by atoms with Gasteiger partial charge < -0.3 is 25.0 Å². The minimum atomic E-state index is -0.679. The van der Waals surface area contributed by atoms with Crippen LogP contribution in [0.25, 0.3) is 11.0 Å². The van der Waals surface area contributed by atoms with Crippen LogP contribution in [0.15, 0.2) is 64.3 Å². The number of fused-ring (bicyclic) bond motifs is 1. The summed E-state index contributed by atoms with van der Waals surface area (Å²) in [5, 5.41) is 15.0. The van der Waals surface area contributed by atoms with Gasteiger partial charge in [0, 0.05) is 25.4 Å². The Bertz CT molecular complexity index is 1050. The first-order chi connectivity index (χ1) is 14.1. The smallest absolute Gasteiger partial charge is 0.170 e. The zero-order valence-electron chi connectivity index (χ0n) is 15.7. The fourth-order valence-corrected chi connectivity index (χ4v) is 3.05. The van der Waals surface area contributed by atoms with Crippen molar-refractivity contribution in [3.63, 3.8) is 0 Å². The van der Waals surface area contributed by atoms with Gasteiger partial charge in [0.25, 0.3) is 0 Å². The number of allylic oxidation sites excluding steroid dienone is 1. The lowest BCUT2D eigenvalue weighted by Crippen LogP contribution is -2.34. The van der Waals surface area contributed by atoms with Crippen LogP contribution < -0.4 is 10.5 Å². The molecule has 4 rings (SSSR count). The van der Waals surface area contributed by atoms with Crippen molar-refractivity contribution >= 4 is 16.7 Å². The minimum absolute atomic E-state index is 0.169. The Balaban J connectivity index is 1.31. The zero-order chi connectivity index (χ0) is 20.2. The molecule has 150 valence electrons. The SMILES string of the molecule is NCc1ccc(OCC(O)CN2C=CC(c3noc4cc(F)ccc34)=NC2)cc1. The summed E-state index contributed by atoms with van der Waals surface area (Å²) >= 11 is 0. The molecule has 0 saturated carbocycles. The number of hydrogen-bond acceptors (Lipinski definition) is 7. The lowest BCUT2D eigenvalue weighted by Gasteiger charge is -2.24. The largest absolute Gasteiger partial charge is 0.491 e. The molecule has 2 aromatic carbocycles. The summed E-state index contributed by atoms with van der Waals surface area (Å²) in [4.78, 5) is 6.36. The lowest BCUT2D eigenvalue weighted by atomic mass is 10.1. The summed E-state index contributed by atoms with van der Waals surface area (Å²) in [7, 11) is 0. The highest BCUT2D eigenvalue weighted by Crippen LogP contribution is 2.21. The standard InChI is InChI=1S/C21H21FN4O3/c22-15-3-6-18-20(9-15)29-25-21(18)19-7-8-26(13-24-19)11-16(27)12-28-17-4-1-14(10-23)2-5-17/h1-9,16,27H,10-13,23H2. The molecule has 1 aliphatic rings. The maximum absolute atomic E-state index is 13.3. The van der Waals surface area contributed by atoms with Crippen LogP contribution in [-0.4, -0.2) is 46.8 Å². The zero-order valence-corrected chi connectivity index (χ0v) is 15.7. The van der Waals surface area contributed by atoms with E-state index in [2.05, 4.69) is 10.1 Å². The van der Waals surface area contributed by atoms with Crippen molar-refractivity contribution in [3.05, 3.63) is 71.8 Å². The van der Waals surface area contributed by atoms with Gasteiger partial charge in [-0.2, -0.15) is 0 Å². The molecule has 29 heavy (non-hydrogen) atoms. The van der Waals surface area contributed by atoms with Gasteiger partial charge in [0.05, 0.1) is 11.1 Å². The number of hydrogen-bond donors (Lipinski definition) is 2. The molecule has 3 aromatic rings. The van der Waals surface area contributed by atoms with Crippen molar-refractivity contribution in [1.82, 2.24) is 10.1 Å². The Hall–Kier alpha value is -3.23. The minimum Gasteiger partial charge on any atom is -0.491 e. The summed E-state index contributed by atoms with van der Waals surface area (Å²) in [6.07, 6.45) is 2.95. The molecule has 0 radical (unpaired) electrons. The van der Waals surface area contributed by atoms with E-state index in [0.29, 0.717) is 47.9 Å². The van der Waals surface area contributed by atoms with Crippen LogP contribution >= 0.6 is 0 Å². The van der Waals surface area contributed by atoms with E-state index in [1.165, 1.54) is 12.1 Å². The number of aliphatic imine (C=N–C) groups is 1. The number of nitrogens with zero attached hydrogens (tertiary/aromatic N) is 3. The Morgan fingerprint density at radius 2 is 2.07 bits per heavy atom. The van der Waals surface area contributed by atoms with Gasteiger partial charge >= 0.3 is 0 Å². The van der Waals surface area contributed by atoms with Gasteiger partial charge in [-0.15, -0.1) is 0 Å². The number of halogens is 1. The van der Waals surface area contributed by atoms with Gasteiger partial charge in [-0.3, -0.25) is 4.99 Å². The quantitative estimate of drug-likeness (QED) is 0.637. The summed E-state index contributed by atoms with van der Waals surface area (Å²) < 4.78 is 24.1. The molecule has 0 amide bonds. The second-order valence-electron chi connectivity index (χ2n) is 6.76. The number of aliphatic hydroxyl groups is 1. The third kappa shape index (κ3) is 4.44. The van der Waals surface area contributed by atoms with Gasteiger partial charge in [-0.05, 0) is 35.9 Å². The molecule has 0 bridgehead atoms. The van der Waals surface area contributed by atoms with E-state index in [4.69, 9.17) is 15.0 Å². The molecule has 0 fully saturated rings. The second kappa shape index (κ2) is 8.42. The monoisotopic (exact) mass is 396 g/mol. The van der Waals surface area contributed by atoms with E-state index in [9.17, 15) is 9.50 Å². The molecule has 0 saturated heterocycles. The van der Waals surface area contributed by atoms with E-state index in [1.54, 1.807) is 12.1 Å². The average Bonchev–Trinajstić information content (AvgIpc) is 3.16. The predicted molar refractivity (Wildman–Crippen MR) is 107 cm³/mol. The number of ether oxygens (including phenoxy) is 1. The highest BCUT2D eigenvalue weighted by atomic mass is 19.1. The summed E-state index contributed by atoms with van der Waals surface area (Å²) in [5.41, 5.74) is 8.20. The first-order valence-electron chi connectivity index (χ1n) is 9.24. The molecule has 2 heterocycles. The molecular weight excluding hydrogens is 375 g/mol. The van der Waals surface area contributed by atoms with Crippen LogP contribution in [-0.2, 0) is 6.54 Å². The third-order valence-corrected chi connectivity index (χ3v) is 4.59. The van der Waals surface area contributed by atoms with Crippen molar-refractivity contribution in [3.8, 4) is 5.75 Å². The lowest BCUT2D eigenvalue weighted by molar-refractivity contribution is 0.0823. The van der Waals surface area contributed by atoms with Crippen molar-refractivity contribution in [2.24, 2.45) is 10.7 Å². The second-order valence-corrected chi connectivity index (χ2v) is 6.76. The van der Waals surface area contributed by atoms with Crippen molar-refractivity contribution in [2.45, 2.75) is 12.6 Å². The number of nitrogens with two attached hydrogens (primary N) is 1. The Morgan fingerprint density at radius 3 is 2.79 bits per heavy atom. The van der Waals surface area contributed by atoms with Crippen LogP contribution in [0.5, 0.6) is 5.75 Å². The molecule has 1 unspecified atom stereocenters. The number of benzene rings is 2. The highest BCUT2D eigenvalue weighted by molar-refractivity contribution is 6.14. The molecule has 7 nitrogen and oxygen atoms in total. The molecule has 1 aliphatic heterocycles. The van der Waals surface area contributed by atoms with E-state index in [1.807, 2.05) is 35.4 Å². The first kappa shape index (κ1) is 19.1. The highest BCUT2D eigenvalue weighted by Gasteiger charge is 2.17. The number of rotatable bonds is 7. The van der Waals surface area contributed by atoms with E-state index < -0.39 is 6.10 Å². The van der Waals surface area contributed by atoms with E-state index >= 15 is 0 Å². The molecule has 3 N–H and O–H groups in total. The van der Waals surface area contributed by atoms with Crippen molar-refractivity contribution < 1.29 is 18.8 Å². The number of β-amino-alcohol motifs (C(OH)–C–C–N with tert-alkyl or cyclic N) is 1. The van der Waals surface area contributed by atoms with Crippen molar-refractivity contribution in [2.75, 3.05) is 19.8 Å².